The molecule has 0 aromatic rings. The van der Waals surface area contributed by atoms with Crippen LogP contribution in [0.4, 0.5) is 4.79 Å². The van der Waals surface area contributed by atoms with Crippen molar-refractivity contribution in [2.24, 2.45) is 5.92 Å². The molecule has 1 fully saturated rings. The number of nitrogens with zero attached hydrogens (tertiary/aromatic N) is 1. The topological polar surface area (TPSA) is 61.8 Å². The summed E-state index contributed by atoms with van der Waals surface area (Å²) in [5, 5.41) is 11.1. The van der Waals surface area contributed by atoms with Gasteiger partial charge in [-0.1, -0.05) is 0 Å². The van der Waals surface area contributed by atoms with Crippen molar-refractivity contribution in [3.8, 4) is 0 Å². The number of carbonyl (C=O) groups excluding carboxylic acids is 1. The molecule has 1 unspecified atom stereocenters. The average Bonchev–Trinajstić information content (AvgIpc) is 2.66. The number of aliphatic hydroxyl groups is 1. The number of rotatable bonds is 4. The minimum absolute atomic E-state index is 0.0188. The molecule has 1 atom stereocenters. The van der Waals surface area contributed by atoms with Gasteiger partial charge in [-0.05, 0) is 6.42 Å². The molecule has 0 bridgehead atoms. The van der Waals surface area contributed by atoms with E-state index in [9.17, 15) is 4.79 Å². The third-order valence-corrected chi connectivity index (χ3v) is 2.38. The molecule has 82 valence electrons. The zero-order valence-corrected chi connectivity index (χ0v) is 8.53. The van der Waals surface area contributed by atoms with E-state index in [1.54, 1.807) is 11.9 Å². The molecule has 2 amide bonds. The second-order valence-electron chi connectivity index (χ2n) is 3.45. The molecular weight excluding hydrogens is 184 g/mol. The number of nitrogens with one attached hydrogen (secondary N) is 1. The molecule has 14 heavy (non-hydrogen) atoms. The Kier molecular flexibility index (Phi) is 4.69. The lowest BCUT2D eigenvalue weighted by molar-refractivity contribution is 0.0700. The van der Waals surface area contributed by atoms with Gasteiger partial charge in [-0.3, -0.25) is 0 Å². The first-order valence-electron chi connectivity index (χ1n) is 4.93. The summed E-state index contributed by atoms with van der Waals surface area (Å²) in [5.41, 5.74) is 0. The minimum atomic E-state index is -0.0188. The molecule has 1 aliphatic rings. The molecule has 0 radical (unpaired) electrons. The normalized spacial score (nSPS) is 21.3. The first kappa shape index (κ1) is 11.3. The van der Waals surface area contributed by atoms with Gasteiger partial charge in [-0.2, -0.15) is 0 Å². The van der Waals surface area contributed by atoms with Crippen molar-refractivity contribution in [2.45, 2.75) is 6.42 Å². The lowest BCUT2D eigenvalue weighted by Gasteiger charge is -2.15. The molecule has 0 saturated carbocycles. The third-order valence-electron chi connectivity index (χ3n) is 2.38. The van der Waals surface area contributed by atoms with E-state index in [0.717, 1.165) is 19.5 Å². The Hall–Kier alpha value is -0.810. The number of ether oxygens (including phenoxy) is 1. The van der Waals surface area contributed by atoms with Crippen LogP contribution in [0.1, 0.15) is 6.42 Å². The third kappa shape index (κ3) is 3.16. The van der Waals surface area contributed by atoms with E-state index in [1.165, 1.54) is 0 Å². The Bertz CT molecular complexity index is 187. The molecular formula is C9H18N2O3. The maximum Gasteiger partial charge on any atom is 0.317 e. The number of aliphatic hydroxyl groups excluding tert-OH is 1. The van der Waals surface area contributed by atoms with Gasteiger partial charge in [0.2, 0.25) is 0 Å². The second kappa shape index (κ2) is 5.82. The van der Waals surface area contributed by atoms with Crippen LogP contribution in [0.15, 0.2) is 0 Å². The quantitative estimate of drug-likeness (QED) is 0.613. The van der Waals surface area contributed by atoms with Crippen LogP contribution in [0.3, 0.4) is 0 Å². The summed E-state index contributed by atoms with van der Waals surface area (Å²) in [7, 11) is 1.64. The SMILES string of the molecule is CNC(=O)N1CCC(COCCO)C1. The van der Waals surface area contributed by atoms with Crippen LogP contribution in [0, 0.1) is 5.92 Å². The fraction of sp³-hybridized carbons (Fsp3) is 0.889. The monoisotopic (exact) mass is 202 g/mol. The molecule has 1 heterocycles. The van der Waals surface area contributed by atoms with Crippen LogP contribution >= 0.6 is 0 Å². The Morgan fingerprint density at radius 3 is 3.14 bits per heavy atom. The first-order chi connectivity index (χ1) is 6.77. The number of hydrogen-bond acceptors (Lipinski definition) is 3. The van der Waals surface area contributed by atoms with Gasteiger partial charge in [-0.25, -0.2) is 4.79 Å². The molecule has 0 spiro atoms. The molecule has 0 aromatic carbocycles. The number of amides is 2. The van der Waals surface area contributed by atoms with Gasteiger partial charge in [0.05, 0.1) is 19.8 Å². The van der Waals surface area contributed by atoms with E-state index in [-0.39, 0.29) is 12.6 Å². The maximum absolute atomic E-state index is 11.2. The van der Waals surface area contributed by atoms with Gasteiger partial charge < -0.3 is 20.1 Å². The highest BCUT2D eigenvalue weighted by Crippen LogP contribution is 2.16. The first-order valence-corrected chi connectivity index (χ1v) is 4.93. The van der Waals surface area contributed by atoms with Crippen LogP contribution in [0.5, 0.6) is 0 Å². The van der Waals surface area contributed by atoms with Crippen molar-refractivity contribution >= 4 is 6.03 Å². The maximum atomic E-state index is 11.2. The van der Waals surface area contributed by atoms with Gasteiger partial charge in [-0.15, -0.1) is 0 Å². The number of carbonyl (C=O) groups is 1. The average molecular weight is 202 g/mol. The molecule has 1 rings (SSSR count). The number of urea groups is 1. The lowest BCUT2D eigenvalue weighted by atomic mass is 10.1. The van der Waals surface area contributed by atoms with Gasteiger partial charge in [0.1, 0.15) is 0 Å². The fourth-order valence-corrected chi connectivity index (χ4v) is 1.63. The molecule has 5 nitrogen and oxygen atoms in total. The van der Waals surface area contributed by atoms with Gasteiger partial charge in [0.15, 0.2) is 0 Å². The standard InChI is InChI=1S/C9H18N2O3/c1-10-9(13)11-3-2-8(6-11)7-14-5-4-12/h8,12H,2-7H2,1H3,(H,10,13). The van der Waals surface area contributed by atoms with E-state index < -0.39 is 0 Å². The van der Waals surface area contributed by atoms with E-state index in [1.807, 2.05) is 0 Å². The van der Waals surface area contributed by atoms with Crippen molar-refractivity contribution in [3.63, 3.8) is 0 Å². The summed E-state index contributed by atoms with van der Waals surface area (Å²) in [6.45, 7) is 2.63. The largest absolute Gasteiger partial charge is 0.394 e. The fourth-order valence-electron chi connectivity index (χ4n) is 1.63. The molecule has 0 aliphatic carbocycles. The predicted molar refractivity (Wildman–Crippen MR) is 52.0 cm³/mol. The molecule has 5 heteroatoms. The van der Waals surface area contributed by atoms with Crippen molar-refractivity contribution in [2.75, 3.05) is 40.0 Å². The van der Waals surface area contributed by atoms with Crippen LogP contribution in [0.25, 0.3) is 0 Å². The molecule has 0 aromatic heterocycles. The Labute approximate surface area is 84.0 Å². The van der Waals surface area contributed by atoms with Crippen molar-refractivity contribution in [1.82, 2.24) is 10.2 Å². The molecule has 2 N–H and O–H groups in total. The summed E-state index contributed by atoms with van der Waals surface area (Å²) in [5.74, 6) is 0.416. The highest BCUT2D eigenvalue weighted by atomic mass is 16.5. The minimum Gasteiger partial charge on any atom is -0.394 e. The summed E-state index contributed by atoms with van der Waals surface area (Å²) < 4.78 is 5.22. The number of likely N-dealkylation sites (tertiary alicyclic amines) is 1. The summed E-state index contributed by atoms with van der Waals surface area (Å²) in [6.07, 6.45) is 0.985. The molecule has 1 saturated heterocycles. The van der Waals surface area contributed by atoms with Crippen LogP contribution in [-0.4, -0.2) is 56.0 Å². The Morgan fingerprint density at radius 1 is 1.71 bits per heavy atom. The second-order valence-corrected chi connectivity index (χ2v) is 3.45. The Morgan fingerprint density at radius 2 is 2.50 bits per heavy atom. The van der Waals surface area contributed by atoms with E-state index in [2.05, 4.69) is 5.32 Å². The summed E-state index contributed by atoms with van der Waals surface area (Å²) >= 11 is 0. The highest BCUT2D eigenvalue weighted by molar-refractivity contribution is 5.74. The summed E-state index contributed by atoms with van der Waals surface area (Å²) in [6, 6.07) is -0.0188. The van der Waals surface area contributed by atoms with Crippen LogP contribution in [-0.2, 0) is 4.74 Å². The molecule has 1 aliphatic heterocycles. The Balaban J connectivity index is 2.17. The number of hydrogen-bond donors (Lipinski definition) is 2. The van der Waals surface area contributed by atoms with Gasteiger partial charge in [0, 0.05) is 26.1 Å². The highest BCUT2D eigenvalue weighted by Gasteiger charge is 2.25. The van der Waals surface area contributed by atoms with Crippen molar-refractivity contribution in [3.05, 3.63) is 0 Å². The van der Waals surface area contributed by atoms with E-state index in [0.29, 0.717) is 19.1 Å². The zero-order chi connectivity index (χ0) is 10.4. The van der Waals surface area contributed by atoms with Crippen LogP contribution < -0.4 is 5.32 Å². The zero-order valence-electron chi connectivity index (χ0n) is 8.53. The smallest absolute Gasteiger partial charge is 0.317 e. The van der Waals surface area contributed by atoms with E-state index in [4.69, 9.17) is 9.84 Å². The van der Waals surface area contributed by atoms with Gasteiger partial charge in [0.25, 0.3) is 0 Å². The van der Waals surface area contributed by atoms with Crippen molar-refractivity contribution in [1.29, 1.82) is 0 Å². The van der Waals surface area contributed by atoms with Crippen molar-refractivity contribution < 1.29 is 14.6 Å². The summed E-state index contributed by atoms with van der Waals surface area (Å²) in [4.78, 5) is 13.0. The van der Waals surface area contributed by atoms with Crippen LogP contribution in [0.2, 0.25) is 0 Å². The van der Waals surface area contributed by atoms with E-state index >= 15 is 0 Å². The lowest BCUT2D eigenvalue weighted by Crippen LogP contribution is -2.36. The predicted octanol–water partition coefficient (Wildman–Crippen LogP) is -0.343. The van der Waals surface area contributed by atoms with Gasteiger partial charge >= 0.3 is 6.03 Å².